The van der Waals surface area contributed by atoms with Crippen molar-refractivity contribution in [1.82, 2.24) is 10.4 Å². The van der Waals surface area contributed by atoms with Gasteiger partial charge in [0.2, 0.25) is 5.91 Å². The maximum absolute atomic E-state index is 10.7. The molecule has 20 heavy (non-hydrogen) atoms. The molecule has 0 aromatic rings. The zero-order chi connectivity index (χ0) is 15.7. The number of hydrogen-bond acceptors (Lipinski definition) is 8. The summed E-state index contributed by atoms with van der Waals surface area (Å²) in [6.45, 7) is 0. The number of amides is 4. The maximum atomic E-state index is 10.7. The molecule has 0 saturated carbocycles. The molecule has 2 saturated heterocycles. The molecule has 112 valence electrons. The van der Waals surface area contributed by atoms with Gasteiger partial charge in [-0.05, 0) is 0 Å². The fourth-order valence-corrected chi connectivity index (χ4v) is 2.07. The predicted molar refractivity (Wildman–Crippen MR) is 57.4 cm³/mol. The first kappa shape index (κ1) is 16.2. The monoisotopic (exact) mass is 310 g/mol. The van der Waals surface area contributed by atoms with E-state index in [9.17, 15) is 27.6 Å². The highest BCUT2D eigenvalue weighted by Gasteiger charge is 2.45. The quantitative estimate of drug-likeness (QED) is 0.220. The lowest BCUT2D eigenvalue weighted by atomic mass is 10.3. The zero-order valence-electron chi connectivity index (χ0n) is 9.72. The molecule has 0 spiro atoms. The number of carbonyl (C=O) groups excluding carboxylic acids is 4. The summed E-state index contributed by atoms with van der Waals surface area (Å²) in [5.41, 5.74) is 0. The van der Waals surface area contributed by atoms with Crippen molar-refractivity contribution in [3.8, 4) is 0 Å². The second-order valence-electron chi connectivity index (χ2n) is 3.88. The SMILES string of the molecule is O=C1CC(O)C(=O)N1.O=C1CC(S(=O)(=O)O)C(=O)N1O. The van der Waals surface area contributed by atoms with Gasteiger partial charge in [0.15, 0.2) is 5.25 Å². The van der Waals surface area contributed by atoms with Gasteiger partial charge < -0.3 is 5.11 Å². The number of aliphatic hydroxyl groups excluding tert-OH is 1. The second-order valence-corrected chi connectivity index (χ2v) is 5.48. The first-order valence-corrected chi connectivity index (χ1v) is 6.58. The number of rotatable bonds is 1. The Bertz CT molecular complexity index is 568. The van der Waals surface area contributed by atoms with Gasteiger partial charge in [-0.15, -0.1) is 0 Å². The van der Waals surface area contributed by atoms with Gasteiger partial charge in [0, 0.05) is 0 Å². The Morgan fingerprint density at radius 1 is 1.15 bits per heavy atom. The lowest BCUT2D eigenvalue weighted by Crippen LogP contribution is -2.32. The van der Waals surface area contributed by atoms with Gasteiger partial charge >= 0.3 is 0 Å². The van der Waals surface area contributed by atoms with Gasteiger partial charge in [0.1, 0.15) is 6.10 Å². The third kappa shape index (κ3) is 3.57. The number of hydroxylamine groups is 2. The van der Waals surface area contributed by atoms with Crippen LogP contribution < -0.4 is 5.32 Å². The molecule has 0 aromatic heterocycles. The fourth-order valence-electron chi connectivity index (χ4n) is 1.36. The highest BCUT2D eigenvalue weighted by atomic mass is 32.2. The summed E-state index contributed by atoms with van der Waals surface area (Å²) in [6, 6.07) is 0. The Kier molecular flexibility index (Phi) is 4.54. The van der Waals surface area contributed by atoms with Crippen LogP contribution in [0.25, 0.3) is 0 Å². The number of hydrogen-bond donors (Lipinski definition) is 4. The summed E-state index contributed by atoms with van der Waals surface area (Å²) in [6.07, 6.45) is -1.91. The van der Waals surface area contributed by atoms with E-state index >= 15 is 0 Å². The van der Waals surface area contributed by atoms with Crippen LogP contribution in [0.2, 0.25) is 0 Å². The van der Waals surface area contributed by atoms with Crippen LogP contribution in [0.3, 0.4) is 0 Å². The Hall–Kier alpha value is -1.89. The molecule has 2 heterocycles. The molecule has 2 fully saturated rings. The standard InChI is InChI=1S/C4H5NO6S.C4H5NO3/c6-3-1-2(12(9,10)11)4(7)5(3)8;6-2-1-3(7)5-4(2)8/h2,8H,1H2,(H,9,10,11);2,6H,1H2,(H,5,7,8). The van der Waals surface area contributed by atoms with Gasteiger partial charge in [-0.2, -0.15) is 13.5 Å². The molecule has 0 aromatic carbocycles. The third-order valence-electron chi connectivity index (χ3n) is 2.38. The number of nitrogens with zero attached hydrogens (tertiary/aromatic N) is 1. The Morgan fingerprint density at radius 3 is 1.85 bits per heavy atom. The normalized spacial score (nSPS) is 26.4. The van der Waals surface area contributed by atoms with Crippen molar-refractivity contribution in [2.45, 2.75) is 24.2 Å². The van der Waals surface area contributed by atoms with Crippen LogP contribution in [0.1, 0.15) is 12.8 Å². The van der Waals surface area contributed by atoms with Crippen molar-refractivity contribution in [2.24, 2.45) is 0 Å². The molecule has 2 aliphatic rings. The van der Waals surface area contributed by atoms with Gasteiger partial charge in [0.25, 0.3) is 27.8 Å². The average molecular weight is 310 g/mol. The topological polar surface area (TPSA) is 178 Å². The highest BCUT2D eigenvalue weighted by molar-refractivity contribution is 7.87. The molecule has 2 unspecified atom stereocenters. The van der Waals surface area contributed by atoms with Crippen LogP contribution in [0.5, 0.6) is 0 Å². The number of nitrogens with one attached hydrogen (secondary N) is 1. The van der Waals surface area contributed by atoms with Crippen LogP contribution in [0, 0.1) is 0 Å². The molecule has 2 rings (SSSR count). The molecule has 4 N–H and O–H groups in total. The van der Waals surface area contributed by atoms with E-state index in [1.807, 2.05) is 5.32 Å². The van der Waals surface area contributed by atoms with Gasteiger partial charge in [-0.3, -0.25) is 34.3 Å². The minimum absolute atomic E-state index is 0.0845. The summed E-state index contributed by atoms with van der Waals surface area (Å²) in [5, 5.41) is 16.9. The van der Waals surface area contributed by atoms with E-state index in [-0.39, 0.29) is 11.5 Å². The lowest BCUT2D eigenvalue weighted by Gasteiger charge is -2.02. The van der Waals surface area contributed by atoms with E-state index in [1.165, 1.54) is 0 Å². The summed E-state index contributed by atoms with van der Waals surface area (Å²) in [4.78, 5) is 41.6. The van der Waals surface area contributed by atoms with Crippen LogP contribution in [0.4, 0.5) is 0 Å². The zero-order valence-corrected chi connectivity index (χ0v) is 10.5. The largest absolute Gasteiger partial charge is 0.383 e. The van der Waals surface area contributed by atoms with E-state index in [4.69, 9.17) is 14.9 Å². The Labute approximate surface area is 111 Å². The molecular weight excluding hydrogens is 300 g/mol. The fraction of sp³-hybridized carbons (Fsp3) is 0.500. The molecule has 11 nitrogen and oxygen atoms in total. The van der Waals surface area contributed by atoms with E-state index in [0.717, 1.165) is 0 Å². The third-order valence-corrected chi connectivity index (χ3v) is 3.47. The van der Waals surface area contributed by atoms with Crippen LogP contribution >= 0.6 is 0 Å². The smallest absolute Gasteiger partial charge is 0.277 e. The van der Waals surface area contributed by atoms with E-state index in [0.29, 0.717) is 0 Å². The number of imide groups is 2. The summed E-state index contributed by atoms with van der Waals surface area (Å²) in [5.74, 6) is -3.34. The minimum Gasteiger partial charge on any atom is -0.383 e. The summed E-state index contributed by atoms with van der Waals surface area (Å²) >= 11 is 0. The number of carbonyl (C=O) groups is 4. The predicted octanol–water partition coefficient (Wildman–Crippen LogP) is -3.22. The molecule has 0 bridgehead atoms. The van der Waals surface area contributed by atoms with Crippen molar-refractivity contribution in [3.05, 3.63) is 0 Å². The highest BCUT2D eigenvalue weighted by Crippen LogP contribution is 2.16. The average Bonchev–Trinajstić information content (AvgIpc) is 2.73. The van der Waals surface area contributed by atoms with Gasteiger partial charge in [-0.25, -0.2) is 0 Å². The van der Waals surface area contributed by atoms with Crippen molar-refractivity contribution >= 4 is 33.7 Å². The minimum atomic E-state index is -4.59. The summed E-state index contributed by atoms with van der Waals surface area (Å²) in [7, 11) is -4.59. The van der Waals surface area contributed by atoms with Gasteiger partial charge in [0.05, 0.1) is 12.8 Å². The first-order chi connectivity index (χ1) is 9.04. The number of aliphatic hydroxyl groups is 1. The van der Waals surface area contributed by atoms with Gasteiger partial charge in [-0.1, -0.05) is 0 Å². The van der Waals surface area contributed by atoms with E-state index < -0.39 is 51.5 Å². The molecule has 2 aliphatic heterocycles. The van der Waals surface area contributed by atoms with Crippen LogP contribution in [0.15, 0.2) is 0 Å². The molecular formula is C8H10N2O9S. The first-order valence-electron chi connectivity index (χ1n) is 5.07. The second kappa shape index (κ2) is 5.62. The molecule has 0 radical (unpaired) electrons. The Balaban J connectivity index is 0.000000217. The molecule has 12 heteroatoms. The van der Waals surface area contributed by atoms with Crippen molar-refractivity contribution in [3.63, 3.8) is 0 Å². The van der Waals surface area contributed by atoms with Crippen LogP contribution in [-0.4, -0.2) is 63.3 Å². The van der Waals surface area contributed by atoms with E-state index in [2.05, 4.69) is 0 Å². The summed E-state index contributed by atoms with van der Waals surface area (Å²) < 4.78 is 29.1. The van der Waals surface area contributed by atoms with Crippen molar-refractivity contribution in [1.29, 1.82) is 0 Å². The van der Waals surface area contributed by atoms with E-state index in [1.54, 1.807) is 0 Å². The molecule has 2 atom stereocenters. The Morgan fingerprint density at radius 2 is 1.70 bits per heavy atom. The lowest BCUT2D eigenvalue weighted by molar-refractivity contribution is -0.171. The van der Waals surface area contributed by atoms with Crippen molar-refractivity contribution in [2.75, 3.05) is 0 Å². The van der Waals surface area contributed by atoms with Crippen molar-refractivity contribution < 1.29 is 42.5 Å². The van der Waals surface area contributed by atoms with Crippen LogP contribution in [-0.2, 0) is 29.3 Å². The molecule has 4 amide bonds. The maximum Gasteiger partial charge on any atom is 0.277 e. The molecule has 0 aliphatic carbocycles.